The minimum atomic E-state index is -0.558. The summed E-state index contributed by atoms with van der Waals surface area (Å²) in [7, 11) is 0. The summed E-state index contributed by atoms with van der Waals surface area (Å²) in [5.41, 5.74) is 4.16. The van der Waals surface area contributed by atoms with Gasteiger partial charge < -0.3 is 9.84 Å². The molecule has 1 N–H and O–H groups in total. The molecule has 1 heterocycles. The summed E-state index contributed by atoms with van der Waals surface area (Å²) in [5, 5.41) is 9.42. The highest BCUT2D eigenvalue weighted by molar-refractivity contribution is 5.44. The van der Waals surface area contributed by atoms with Gasteiger partial charge in [0.15, 0.2) is 0 Å². The van der Waals surface area contributed by atoms with Gasteiger partial charge in [0.05, 0.1) is 18.0 Å². The summed E-state index contributed by atoms with van der Waals surface area (Å²) in [6.07, 6.45) is 1.08. The number of aromatic nitrogens is 1. The average Bonchev–Trinajstić information content (AvgIpc) is 2.36. The van der Waals surface area contributed by atoms with Crippen LogP contribution in [0.5, 0.6) is 11.5 Å². The van der Waals surface area contributed by atoms with E-state index in [0.717, 1.165) is 11.3 Å². The number of rotatable bonds is 3. The molecule has 0 fully saturated rings. The van der Waals surface area contributed by atoms with E-state index in [0.29, 0.717) is 11.4 Å². The van der Waals surface area contributed by atoms with Gasteiger partial charge in [-0.2, -0.15) is 0 Å². The van der Waals surface area contributed by atoms with Gasteiger partial charge in [0.2, 0.25) is 0 Å². The molecule has 0 aliphatic carbocycles. The molecule has 2 rings (SSSR count). The van der Waals surface area contributed by atoms with Gasteiger partial charge in [0.1, 0.15) is 11.5 Å². The lowest BCUT2D eigenvalue weighted by Crippen LogP contribution is -1.96. The number of pyridine rings is 1. The van der Waals surface area contributed by atoms with Crippen molar-refractivity contribution in [1.29, 1.82) is 0 Å². The Labute approximate surface area is 113 Å². The van der Waals surface area contributed by atoms with E-state index in [2.05, 4.69) is 18.0 Å². The lowest BCUT2D eigenvalue weighted by atomic mass is 10.1. The quantitative estimate of drug-likeness (QED) is 0.908. The molecular weight excluding hydrogens is 238 g/mol. The summed E-state index contributed by atoms with van der Waals surface area (Å²) < 4.78 is 5.86. The Morgan fingerprint density at radius 2 is 1.89 bits per heavy atom. The lowest BCUT2D eigenvalue weighted by molar-refractivity contribution is 0.194. The van der Waals surface area contributed by atoms with Crippen LogP contribution in [-0.4, -0.2) is 10.1 Å². The fourth-order valence-corrected chi connectivity index (χ4v) is 1.93. The molecular formula is C16H19NO2. The molecule has 2 aromatic rings. The first-order chi connectivity index (χ1) is 8.97. The predicted molar refractivity (Wildman–Crippen MR) is 75.6 cm³/mol. The van der Waals surface area contributed by atoms with Crippen molar-refractivity contribution in [1.82, 2.24) is 4.98 Å². The minimum absolute atomic E-state index is 0.558. The van der Waals surface area contributed by atoms with E-state index in [4.69, 9.17) is 4.74 Å². The van der Waals surface area contributed by atoms with Crippen LogP contribution >= 0.6 is 0 Å². The third-order valence-electron chi connectivity index (χ3n) is 3.18. The Balaban J connectivity index is 2.26. The van der Waals surface area contributed by atoms with Gasteiger partial charge >= 0.3 is 0 Å². The smallest absolute Gasteiger partial charge is 0.145 e. The number of hydrogen-bond acceptors (Lipinski definition) is 3. The number of benzene rings is 1. The van der Waals surface area contributed by atoms with Gasteiger partial charge in [-0.1, -0.05) is 6.07 Å². The number of hydrogen-bond donors (Lipinski definition) is 1. The molecule has 0 saturated carbocycles. The van der Waals surface area contributed by atoms with Gasteiger partial charge in [0.25, 0.3) is 0 Å². The van der Waals surface area contributed by atoms with Crippen LogP contribution in [0.15, 0.2) is 30.5 Å². The highest BCUT2D eigenvalue weighted by Crippen LogP contribution is 2.28. The zero-order valence-electron chi connectivity index (χ0n) is 11.8. The molecule has 100 valence electrons. The maximum absolute atomic E-state index is 9.42. The normalized spacial score (nSPS) is 12.3. The molecule has 0 saturated heterocycles. The summed E-state index contributed by atoms with van der Waals surface area (Å²) >= 11 is 0. The van der Waals surface area contributed by atoms with Crippen molar-refractivity contribution in [3.8, 4) is 11.5 Å². The first kappa shape index (κ1) is 13.6. The summed E-state index contributed by atoms with van der Waals surface area (Å²) in [4.78, 5) is 4.17. The van der Waals surface area contributed by atoms with Crippen molar-refractivity contribution >= 4 is 0 Å². The number of nitrogens with zero attached hydrogens (tertiary/aromatic N) is 1. The van der Waals surface area contributed by atoms with Crippen LogP contribution < -0.4 is 4.74 Å². The van der Waals surface area contributed by atoms with Gasteiger partial charge in [0, 0.05) is 0 Å². The zero-order chi connectivity index (χ0) is 14.0. The molecule has 0 radical (unpaired) electrons. The van der Waals surface area contributed by atoms with E-state index in [9.17, 15) is 5.11 Å². The molecule has 0 unspecified atom stereocenters. The third-order valence-corrected chi connectivity index (χ3v) is 3.18. The van der Waals surface area contributed by atoms with Gasteiger partial charge in [-0.25, -0.2) is 0 Å². The van der Waals surface area contributed by atoms with Gasteiger partial charge in [-0.05, 0) is 62.6 Å². The van der Waals surface area contributed by atoms with E-state index >= 15 is 0 Å². The number of aliphatic hydroxyl groups is 1. The lowest BCUT2D eigenvalue weighted by Gasteiger charge is -2.12. The molecule has 0 amide bonds. The van der Waals surface area contributed by atoms with Gasteiger partial charge in [-0.3, -0.25) is 4.98 Å². The highest BCUT2D eigenvalue weighted by Gasteiger charge is 2.07. The van der Waals surface area contributed by atoms with Crippen molar-refractivity contribution in [3.05, 3.63) is 52.8 Å². The van der Waals surface area contributed by atoms with E-state index in [1.54, 1.807) is 19.2 Å². The Kier molecular flexibility index (Phi) is 3.86. The number of ether oxygens (including phenoxy) is 1. The van der Waals surface area contributed by atoms with E-state index in [1.165, 1.54) is 11.1 Å². The van der Waals surface area contributed by atoms with E-state index in [-0.39, 0.29) is 0 Å². The van der Waals surface area contributed by atoms with Crippen LogP contribution in [0.3, 0.4) is 0 Å². The fourth-order valence-electron chi connectivity index (χ4n) is 1.93. The highest BCUT2D eigenvalue weighted by atomic mass is 16.5. The Bertz CT molecular complexity index is 574. The second-order valence-electron chi connectivity index (χ2n) is 4.90. The van der Waals surface area contributed by atoms with Crippen LogP contribution in [0.25, 0.3) is 0 Å². The fraction of sp³-hybridized carbons (Fsp3) is 0.312. The summed E-state index contributed by atoms with van der Waals surface area (Å²) in [6, 6.07) is 7.76. The van der Waals surface area contributed by atoms with Crippen molar-refractivity contribution in [2.24, 2.45) is 0 Å². The maximum atomic E-state index is 9.42. The molecule has 0 aliphatic rings. The molecule has 3 heteroatoms. The second kappa shape index (κ2) is 5.41. The third kappa shape index (κ3) is 3.12. The molecule has 19 heavy (non-hydrogen) atoms. The largest absolute Gasteiger partial charge is 0.455 e. The molecule has 1 atom stereocenters. The average molecular weight is 257 g/mol. The van der Waals surface area contributed by atoms with Crippen LogP contribution in [0, 0.1) is 20.8 Å². The minimum Gasteiger partial charge on any atom is -0.455 e. The molecule has 0 bridgehead atoms. The SMILES string of the molecule is Cc1cc(C)c(C)c(Oc2ccc([C@H](C)O)nc2)c1. The van der Waals surface area contributed by atoms with Crippen LogP contribution in [0.4, 0.5) is 0 Å². The van der Waals surface area contributed by atoms with Crippen molar-refractivity contribution in [2.45, 2.75) is 33.8 Å². The van der Waals surface area contributed by atoms with Gasteiger partial charge in [-0.15, -0.1) is 0 Å². The summed E-state index contributed by atoms with van der Waals surface area (Å²) in [5.74, 6) is 1.53. The zero-order valence-corrected chi connectivity index (χ0v) is 11.8. The summed E-state index contributed by atoms with van der Waals surface area (Å²) in [6.45, 7) is 7.86. The second-order valence-corrected chi connectivity index (χ2v) is 4.90. The first-order valence-corrected chi connectivity index (χ1v) is 6.37. The molecule has 0 aliphatic heterocycles. The van der Waals surface area contributed by atoms with Crippen molar-refractivity contribution in [3.63, 3.8) is 0 Å². The topological polar surface area (TPSA) is 42.4 Å². The first-order valence-electron chi connectivity index (χ1n) is 6.37. The van der Waals surface area contributed by atoms with Crippen molar-refractivity contribution in [2.75, 3.05) is 0 Å². The monoisotopic (exact) mass is 257 g/mol. The van der Waals surface area contributed by atoms with Crippen molar-refractivity contribution < 1.29 is 9.84 Å². The standard InChI is InChI=1S/C16H19NO2/c1-10-7-11(2)12(3)16(8-10)19-14-5-6-15(13(4)18)17-9-14/h5-9,13,18H,1-4H3/t13-/m0/s1. The molecule has 3 nitrogen and oxygen atoms in total. The van der Waals surface area contributed by atoms with E-state index < -0.39 is 6.10 Å². The molecule has 1 aromatic heterocycles. The number of aryl methyl sites for hydroxylation is 2. The van der Waals surface area contributed by atoms with Crippen LogP contribution in [0.1, 0.15) is 35.4 Å². The number of aliphatic hydroxyl groups excluding tert-OH is 1. The Morgan fingerprint density at radius 3 is 2.47 bits per heavy atom. The van der Waals surface area contributed by atoms with Crippen LogP contribution in [0.2, 0.25) is 0 Å². The maximum Gasteiger partial charge on any atom is 0.145 e. The molecule has 1 aromatic carbocycles. The predicted octanol–water partition coefficient (Wildman–Crippen LogP) is 3.85. The van der Waals surface area contributed by atoms with Crippen LogP contribution in [-0.2, 0) is 0 Å². The Hall–Kier alpha value is -1.87. The van der Waals surface area contributed by atoms with E-state index in [1.807, 2.05) is 26.0 Å². The molecule has 0 spiro atoms. The Morgan fingerprint density at radius 1 is 1.16 bits per heavy atom.